The topological polar surface area (TPSA) is 64.4 Å². The Morgan fingerprint density at radius 1 is 0.812 bits per heavy atom. The van der Waals surface area contributed by atoms with Crippen LogP contribution in [0, 0.1) is 0 Å². The van der Waals surface area contributed by atoms with E-state index in [0.29, 0.717) is 0 Å². The predicted molar refractivity (Wildman–Crippen MR) is 66.1 cm³/mol. The molecule has 0 aliphatic heterocycles. The molecule has 2 aromatic rings. The van der Waals surface area contributed by atoms with Gasteiger partial charge in [-0.3, -0.25) is 0 Å². The summed E-state index contributed by atoms with van der Waals surface area (Å²) in [5.41, 5.74) is 11.7. The second-order valence-corrected chi connectivity index (χ2v) is 3.79. The average molecular weight is 209 g/mol. The Bertz CT molecular complexity index is 600. The van der Waals surface area contributed by atoms with Crippen molar-refractivity contribution in [1.29, 1.82) is 0 Å². The third-order valence-electron chi connectivity index (χ3n) is 2.93. The molecule has 0 saturated heterocycles. The van der Waals surface area contributed by atoms with Gasteiger partial charge >= 0.3 is 0 Å². The number of nitrogens with zero attached hydrogens (tertiary/aromatic N) is 1. The van der Waals surface area contributed by atoms with Crippen LogP contribution in [-0.4, -0.2) is 5.71 Å². The summed E-state index contributed by atoms with van der Waals surface area (Å²) in [5.74, 6) is 5.46. The molecular formula is C13H11N3. The van der Waals surface area contributed by atoms with Crippen molar-refractivity contribution in [2.75, 3.05) is 5.73 Å². The second kappa shape index (κ2) is 3.10. The highest BCUT2D eigenvalue weighted by Gasteiger charge is 2.25. The van der Waals surface area contributed by atoms with Crippen molar-refractivity contribution in [3.8, 4) is 11.1 Å². The highest BCUT2D eigenvalue weighted by Crippen LogP contribution is 2.39. The van der Waals surface area contributed by atoms with Crippen molar-refractivity contribution in [2.24, 2.45) is 10.9 Å². The van der Waals surface area contributed by atoms with Gasteiger partial charge in [0.2, 0.25) is 0 Å². The van der Waals surface area contributed by atoms with Crippen molar-refractivity contribution >= 4 is 11.4 Å². The Balaban J connectivity index is 2.44. The summed E-state index contributed by atoms with van der Waals surface area (Å²) in [4.78, 5) is 0. The minimum atomic E-state index is 0.720. The van der Waals surface area contributed by atoms with E-state index in [1.54, 1.807) is 0 Å². The number of benzene rings is 2. The molecule has 0 saturated carbocycles. The SMILES string of the molecule is N/N=C1/c2ccccc2-c2cccc(N)c21. The minimum absolute atomic E-state index is 0.720. The summed E-state index contributed by atoms with van der Waals surface area (Å²) >= 11 is 0. The van der Waals surface area contributed by atoms with Gasteiger partial charge in [0, 0.05) is 16.8 Å². The maximum absolute atomic E-state index is 5.98. The number of nitrogens with two attached hydrogens (primary N) is 2. The Morgan fingerprint density at radius 3 is 2.25 bits per heavy atom. The molecule has 0 atom stereocenters. The fraction of sp³-hybridized carbons (Fsp3) is 0. The molecule has 78 valence electrons. The molecule has 0 aromatic heterocycles. The predicted octanol–water partition coefficient (Wildman–Crippen LogP) is 1.96. The smallest absolute Gasteiger partial charge is 0.100 e. The highest BCUT2D eigenvalue weighted by molar-refractivity contribution is 6.26. The zero-order chi connectivity index (χ0) is 11.1. The zero-order valence-electron chi connectivity index (χ0n) is 8.64. The average Bonchev–Trinajstić information content (AvgIpc) is 2.65. The molecule has 0 radical (unpaired) electrons. The van der Waals surface area contributed by atoms with E-state index in [1.165, 1.54) is 0 Å². The second-order valence-electron chi connectivity index (χ2n) is 3.79. The third kappa shape index (κ3) is 0.997. The minimum Gasteiger partial charge on any atom is -0.398 e. The normalized spacial score (nSPS) is 14.9. The lowest BCUT2D eigenvalue weighted by molar-refractivity contribution is 1.25. The number of nitrogen functional groups attached to an aromatic ring is 1. The van der Waals surface area contributed by atoms with E-state index in [-0.39, 0.29) is 0 Å². The van der Waals surface area contributed by atoms with Crippen LogP contribution in [0.4, 0.5) is 5.69 Å². The number of hydrogen-bond donors (Lipinski definition) is 2. The molecular weight excluding hydrogens is 198 g/mol. The molecule has 4 N–H and O–H groups in total. The lowest BCUT2D eigenvalue weighted by Crippen LogP contribution is -2.05. The van der Waals surface area contributed by atoms with Gasteiger partial charge in [-0.15, -0.1) is 0 Å². The maximum Gasteiger partial charge on any atom is 0.100 e. The number of hydrogen-bond acceptors (Lipinski definition) is 3. The molecule has 3 nitrogen and oxygen atoms in total. The Kier molecular flexibility index (Phi) is 1.74. The molecule has 0 amide bonds. The maximum atomic E-state index is 5.98. The molecule has 0 fully saturated rings. The molecule has 0 bridgehead atoms. The Hall–Kier alpha value is -2.29. The first-order valence-electron chi connectivity index (χ1n) is 5.09. The van der Waals surface area contributed by atoms with Crippen LogP contribution in [0.1, 0.15) is 11.1 Å². The third-order valence-corrected chi connectivity index (χ3v) is 2.93. The fourth-order valence-corrected chi connectivity index (χ4v) is 2.25. The molecule has 3 heteroatoms. The van der Waals surface area contributed by atoms with E-state index in [1.807, 2.05) is 36.4 Å². The lowest BCUT2D eigenvalue weighted by Gasteiger charge is -2.03. The van der Waals surface area contributed by atoms with E-state index in [2.05, 4.69) is 11.2 Å². The first-order valence-corrected chi connectivity index (χ1v) is 5.09. The van der Waals surface area contributed by atoms with Gasteiger partial charge in [-0.05, 0) is 17.2 Å². The summed E-state index contributed by atoms with van der Waals surface area (Å²) < 4.78 is 0. The van der Waals surface area contributed by atoms with E-state index in [0.717, 1.165) is 33.7 Å². The van der Waals surface area contributed by atoms with E-state index in [4.69, 9.17) is 11.6 Å². The number of fused-ring (bicyclic) bond motifs is 3. The van der Waals surface area contributed by atoms with Crippen molar-refractivity contribution < 1.29 is 0 Å². The summed E-state index contributed by atoms with van der Waals surface area (Å²) in [5, 5.41) is 3.87. The first kappa shape index (κ1) is 8.97. The lowest BCUT2D eigenvalue weighted by atomic mass is 10.1. The van der Waals surface area contributed by atoms with Gasteiger partial charge < -0.3 is 11.6 Å². The molecule has 0 spiro atoms. The van der Waals surface area contributed by atoms with Crippen LogP contribution >= 0.6 is 0 Å². The van der Waals surface area contributed by atoms with Crippen LogP contribution in [0.3, 0.4) is 0 Å². The highest BCUT2D eigenvalue weighted by atomic mass is 15.1. The molecule has 16 heavy (non-hydrogen) atoms. The van der Waals surface area contributed by atoms with Crippen LogP contribution in [0.15, 0.2) is 47.6 Å². The van der Waals surface area contributed by atoms with Crippen molar-refractivity contribution in [2.45, 2.75) is 0 Å². The Labute approximate surface area is 93.4 Å². The van der Waals surface area contributed by atoms with Gasteiger partial charge in [0.05, 0.1) is 0 Å². The molecule has 0 unspecified atom stereocenters. The van der Waals surface area contributed by atoms with Crippen LogP contribution in [0.5, 0.6) is 0 Å². The molecule has 1 aliphatic rings. The van der Waals surface area contributed by atoms with Gasteiger partial charge in [0.1, 0.15) is 5.71 Å². The van der Waals surface area contributed by atoms with Gasteiger partial charge in [0.15, 0.2) is 0 Å². The Morgan fingerprint density at radius 2 is 1.50 bits per heavy atom. The monoisotopic (exact) mass is 209 g/mol. The number of rotatable bonds is 0. The number of anilines is 1. The van der Waals surface area contributed by atoms with E-state index < -0.39 is 0 Å². The molecule has 0 heterocycles. The molecule has 2 aromatic carbocycles. The van der Waals surface area contributed by atoms with Gasteiger partial charge in [-0.2, -0.15) is 5.10 Å². The van der Waals surface area contributed by atoms with Crippen LogP contribution in [0.25, 0.3) is 11.1 Å². The molecule has 1 aliphatic carbocycles. The largest absolute Gasteiger partial charge is 0.398 e. The fourth-order valence-electron chi connectivity index (χ4n) is 2.25. The van der Waals surface area contributed by atoms with Crippen molar-refractivity contribution in [3.63, 3.8) is 0 Å². The first-order chi connectivity index (χ1) is 7.83. The standard InChI is InChI=1S/C13H11N3/c14-11-7-3-6-9-8-4-1-2-5-10(8)13(16-15)12(9)11/h1-7H,14-15H2/b16-13-. The van der Waals surface area contributed by atoms with E-state index in [9.17, 15) is 0 Å². The van der Waals surface area contributed by atoms with Gasteiger partial charge in [-0.25, -0.2) is 0 Å². The zero-order valence-corrected chi connectivity index (χ0v) is 8.64. The summed E-state index contributed by atoms with van der Waals surface area (Å²) in [6, 6.07) is 13.9. The summed E-state index contributed by atoms with van der Waals surface area (Å²) in [6.07, 6.45) is 0. The van der Waals surface area contributed by atoms with Crippen molar-refractivity contribution in [1.82, 2.24) is 0 Å². The molecule has 3 rings (SSSR count). The van der Waals surface area contributed by atoms with Gasteiger partial charge in [-0.1, -0.05) is 36.4 Å². The summed E-state index contributed by atoms with van der Waals surface area (Å²) in [6.45, 7) is 0. The van der Waals surface area contributed by atoms with Gasteiger partial charge in [0.25, 0.3) is 0 Å². The number of hydrazone groups is 1. The van der Waals surface area contributed by atoms with Crippen LogP contribution in [-0.2, 0) is 0 Å². The van der Waals surface area contributed by atoms with Crippen LogP contribution < -0.4 is 11.6 Å². The quantitative estimate of drug-likeness (QED) is 0.337. The van der Waals surface area contributed by atoms with Crippen LogP contribution in [0.2, 0.25) is 0 Å². The summed E-state index contributed by atoms with van der Waals surface area (Å²) in [7, 11) is 0. The van der Waals surface area contributed by atoms with Crippen molar-refractivity contribution in [3.05, 3.63) is 53.6 Å². The van der Waals surface area contributed by atoms with E-state index >= 15 is 0 Å².